The zero-order valence-corrected chi connectivity index (χ0v) is 18.4. The van der Waals surface area contributed by atoms with Crippen LogP contribution in [-0.4, -0.2) is 35.3 Å². The molecule has 1 aliphatic rings. The van der Waals surface area contributed by atoms with E-state index in [1.165, 1.54) is 36.4 Å². The van der Waals surface area contributed by atoms with Crippen LogP contribution in [0.4, 0.5) is 11.4 Å². The lowest BCUT2D eigenvalue weighted by atomic mass is 10.1. The Morgan fingerprint density at radius 1 is 0.857 bits per heavy atom. The maximum absolute atomic E-state index is 12.9. The highest BCUT2D eigenvalue weighted by atomic mass is 16.6. The zero-order valence-electron chi connectivity index (χ0n) is 18.4. The number of benzene rings is 3. The van der Waals surface area contributed by atoms with Crippen molar-refractivity contribution in [1.82, 2.24) is 0 Å². The van der Waals surface area contributed by atoms with Gasteiger partial charge in [-0.1, -0.05) is 18.2 Å². The van der Waals surface area contributed by atoms with Crippen LogP contribution in [0.25, 0.3) is 0 Å². The van der Waals surface area contributed by atoms with Gasteiger partial charge in [-0.2, -0.15) is 0 Å². The molecule has 0 radical (unpaired) electrons. The highest BCUT2D eigenvalue weighted by Gasteiger charge is 2.37. The van der Waals surface area contributed by atoms with E-state index >= 15 is 0 Å². The van der Waals surface area contributed by atoms with E-state index in [0.717, 1.165) is 11.0 Å². The van der Waals surface area contributed by atoms with Crippen LogP contribution < -0.4 is 4.90 Å². The van der Waals surface area contributed by atoms with Crippen LogP contribution in [0, 0.1) is 10.1 Å². The van der Waals surface area contributed by atoms with Gasteiger partial charge in [0.25, 0.3) is 17.5 Å². The predicted molar refractivity (Wildman–Crippen MR) is 122 cm³/mol. The average Bonchev–Trinajstić information content (AvgIpc) is 3.12. The molecule has 3 aromatic rings. The SMILES string of the molecule is CCOC(=O)c1ccc(COC(=O)c2ccc3c(c2)C(=O)N(c2cccc([N+](=O)[O-])c2)C3=O)cc1. The Hall–Kier alpha value is -4.86. The molecule has 0 saturated carbocycles. The van der Waals surface area contributed by atoms with Crippen molar-refractivity contribution in [2.75, 3.05) is 11.5 Å². The molecule has 0 bridgehead atoms. The molecule has 176 valence electrons. The molecule has 1 heterocycles. The molecule has 10 heteroatoms. The fourth-order valence-corrected chi connectivity index (χ4v) is 3.53. The summed E-state index contributed by atoms with van der Waals surface area (Å²) in [5.74, 6) is -2.51. The number of non-ortho nitro benzene ring substituents is 1. The fourth-order valence-electron chi connectivity index (χ4n) is 3.53. The number of ether oxygens (including phenoxy) is 2. The molecular weight excluding hydrogens is 456 g/mol. The van der Waals surface area contributed by atoms with Crippen LogP contribution in [0.1, 0.15) is 53.9 Å². The maximum Gasteiger partial charge on any atom is 0.338 e. The monoisotopic (exact) mass is 474 g/mol. The lowest BCUT2D eigenvalue weighted by molar-refractivity contribution is -0.384. The summed E-state index contributed by atoms with van der Waals surface area (Å²) in [5.41, 5.74) is 0.934. The standard InChI is InChI=1S/C25H18N2O8/c1-2-34-24(30)16-8-6-15(7-9-16)14-35-25(31)17-10-11-20-21(12-17)23(29)26(22(20)28)18-4-3-5-19(13-18)27(32)33/h3-13H,2,14H2,1H3. The molecular formula is C25H18N2O8. The summed E-state index contributed by atoms with van der Waals surface area (Å²) in [6.07, 6.45) is 0. The number of anilines is 1. The molecule has 0 fully saturated rings. The number of nitrogens with zero attached hydrogens (tertiary/aromatic N) is 2. The van der Waals surface area contributed by atoms with Crippen molar-refractivity contribution in [3.63, 3.8) is 0 Å². The van der Waals surface area contributed by atoms with E-state index in [1.54, 1.807) is 31.2 Å². The molecule has 0 unspecified atom stereocenters. The second-order valence-corrected chi connectivity index (χ2v) is 7.48. The van der Waals surface area contributed by atoms with Gasteiger partial charge in [0.15, 0.2) is 0 Å². The Labute approximate surface area is 198 Å². The van der Waals surface area contributed by atoms with Gasteiger partial charge in [0.2, 0.25) is 0 Å². The van der Waals surface area contributed by atoms with E-state index in [2.05, 4.69) is 0 Å². The minimum atomic E-state index is -0.712. The third-order valence-electron chi connectivity index (χ3n) is 5.26. The van der Waals surface area contributed by atoms with Crippen molar-refractivity contribution >= 4 is 35.1 Å². The zero-order chi connectivity index (χ0) is 25.1. The van der Waals surface area contributed by atoms with Gasteiger partial charge in [-0.25, -0.2) is 14.5 Å². The molecule has 2 amide bonds. The van der Waals surface area contributed by atoms with E-state index in [-0.39, 0.29) is 41.3 Å². The summed E-state index contributed by atoms with van der Waals surface area (Å²) < 4.78 is 10.2. The first-order valence-corrected chi connectivity index (χ1v) is 10.5. The summed E-state index contributed by atoms with van der Waals surface area (Å²) in [7, 11) is 0. The van der Waals surface area contributed by atoms with Crippen molar-refractivity contribution in [2.24, 2.45) is 0 Å². The normalized spacial score (nSPS) is 12.3. The third-order valence-corrected chi connectivity index (χ3v) is 5.26. The molecule has 0 atom stereocenters. The van der Waals surface area contributed by atoms with Gasteiger partial charge in [0.05, 0.1) is 39.5 Å². The van der Waals surface area contributed by atoms with Gasteiger partial charge in [-0.3, -0.25) is 19.7 Å². The van der Waals surface area contributed by atoms with Crippen molar-refractivity contribution in [1.29, 1.82) is 0 Å². The Kier molecular flexibility index (Phi) is 6.36. The number of hydrogen-bond donors (Lipinski definition) is 0. The fraction of sp³-hybridized carbons (Fsp3) is 0.120. The highest BCUT2D eigenvalue weighted by Crippen LogP contribution is 2.31. The maximum atomic E-state index is 12.9. The molecule has 4 rings (SSSR count). The first-order chi connectivity index (χ1) is 16.8. The number of nitro benzene ring substituents is 1. The van der Waals surface area contributed by atoms with Crippen molar-refractivity contribution < 1.29 is 33.6 Å². The van der Waals surface area contributed by atoms with Crippen LogP contribution in [0.3, 0.4) is 0 Å². The quantitative estimate of drug-likeness (QED) is 0.218. The van der Waals surface area contributed by atoms with E-state index in [0.29, 0.717) is 11.1 Å². The second kappa shape index (κ2) is 9.56. The van der Waals surface area contributed by atoms with Gasteiger partial charge < -0.3 is 9.47 Å². The minimum Gasteiger partial charge on any atom is -0.462 e. The van der Waals surface area contributed by atoms with Crippen molar-refractivity contribution in [2.45, 2.75) is 13.5 Å². The summed E-state index contributed by atoms with van der Waals surface area (Å²) in [4.78, 5) is 61.2. The minimum absolute atomic E-state index is 0.00487. The summed E-state index contributed by atoms with van der Waals surface area (Å²) in [6, 6.07) is 15.5. The Bertz CT molecular complexity index is 1360. The largest absolute Gasteiger partial charge is 0.462 e. The van der Waals surface area contributed by atoms with Gasteiger partial charge in [-0.05, 0) is 48.9 Å². The van der Waals surface area contributed by atoms with Crippen LogP contribution in [0.2, 0.25) is 0 Å². The number of carbonyl (C=O) groups is 4. The number of esters is 2. The van der Waals surface area contributed by atoms with Crippen molar-refractivity contribution in [3.8, 4) is 0 Å². The number of rotatable bonds is 7. The number of carbonyl (C=O) groups excluding carboxylic acids is 4. The summed E-state index contributed by atoms with van der Waals surface area (Å²) in [5, 5.41) is 11.1. The first kappa shape index (κ1) is 23.3. The average molecular weight is 474 g/mol. The first-order valence-electron chi connectivity index (χ1n) is 10.5. The topological polar surface area (TPSA) is 133 Å². The lowest BCUT2D eigenvalue weighted by Gasteiger charge is -2.13. The third kappa shape index (κ3) is 4.62. The number of fused-ring (bicyclic) bond motifs is 1. The van der Waals surface area contributed by atoms with E-state index in [9.17, 15) is 29.3 Å². The second-order valence-electron chi connectivity index (χ2n) is 7.48. The van der Waals surface area contributed by atoms with Gasteiger partial charge in [0.1, 0.15) is 6.61 Å². The van der Waals surface area contributed by atoms with Crippen LogP contribution in [0.15, 0.2) is 66.7 Å². The summed E-state index contributed by atoms with van der Waals surface area (Å²) in [6.45, 7) is 1.89. The van der Waals surface area contributed by atoms with Gasteiger partial charge in [-0.15, -0.1) is 0 Å². The molecule has 0 spiro atoms. The van der Waals surface area contributed by atoms with E-state index < -0.39 is 28.7 Å². The smallest absolute Gasteiger partial charge is 0.338 e. The lowest BCUT2D eigenvalue weighted by Crippen LogP contribution is -2.29. The van der Waals surface area contributed by atoms with Crippen LogP contribution in [-0.2, 0) is 16.1 Å². The van der Waals surface area contributed by atoms with Gasteiger partial charge >= 0.3 is 11.9 Å². The number of imide groups is 1. The molecule has 0 saturated heterocycles. The highest BCUT2D eigenvalue weighted by molar-refractivity contribution is 6.34. The molecule has 3 aromatic carbocycles. The molecule has 1 aliphatic heterocycles. The van der Waals surface area contributed by atoms with E-state index in [1.807, 2.05) is 0 Å². The number of hydrogen-bond acceptors (Lipinski definition) is 8. The number of nitro groups is 1. The van der Waals surface area contributed by atoms with E-state index in [4.69, 9.17) is 9.47 Å². The predicted octanol–water partition coefficient (Wildman–Crippen LogP) is 3.93. The Morgan fingerprint density at radius 2 is 1.51 bits per heavy atom. The van der Waals surface area contributed by atoms with Gasteiger partial charge in [0, 0.05) is 12.1 Å². The number of amides is 2. The van der Waals surface area contributed by atoms with Crippen LogP contribution >= 0.6 is 0 Å². The molecule has 0 N–H and O–H groups in total. The molecule has 10 nitrogen and oxygen atoms in total. The molecule has 0 aliphatic carbocycles. The Morgan fingerprint density at radius 3 is 2.20 bits per heavy atom. The Balaban J connectivity index is 1.48. The molecule has 35 heavy (non-hydrogen) atoms. The van der Waals surface area contributed by atoms with Crippen LogP contribution in [0.5, 0.6) is 0 Å². The van der Waals surface area contributed by atoms with Crippen molar-refractivity contribution in [3.05, 3.63) is 105 Å². The molecule has 0 aromatic heterocycles. The summed E-state index contributed by atoms with van der Waals surface area (Å²) >= 11 is 0.